The number of halogens is 2. The highest BCUT2D eigenvalue weighted by atomic mass is 35.5. The zero-order valence-electron chi connectivity index (χ0n) is 17.1. The molecule has 1 atom stereocenters. The van der Waals surface area contributed by atoms with Crippen LogP contribution in [0.4, 0.5) is 0 Å². The van der Waals surface area contributed by atoms with E-state index in [1.54, 1.807) is 0 Å². The second kappa shape index (κ2) is 10.8. The number of aliphatic hydroxyl groups is 2. The molecule has 0 bridgehead atoms. The van der Waals surface area contributed by atoms with Crippen LogP contribution in [-0.2, 0) is 10.0 Å². The molecule has 0 radical (unpaired) electrons. The first-order valence-electron chi connectivity index (χ1n) is 9.92. The van der Waals surface area contributed by atoms with E-state index in [0.29, 0.717) is 29.6 Å². The molecule has 0 unspecified atom stereocenters. The first-order valence-corrected chi connectivity index (χ1v) is 12.1. The summed E-state index contributed by atoms with van der Waals surface area (Å²) in [4.78, 5) is 1.73. The van der Waals surface area contributed by atoms with Crippen molar-refractivity contribution in [3.63, 3.8) is 0 Å². The highest BCUT2D eigenvalue weighted by molar-refractivity contribution is 7.89. The fourth-order valence-corrected chi connectivity index (χ4v) is 5.82. The molecule has 0 amide bonds. The van der Waals surface area contributed by atoms with Crippen LogP contribution < -0.4 is 4.74 Å². The Bertz CT molecular complexity index is 1080. The molecule has 3 rings (SSSR count). The molecular formula is C21H23Cl2N3O5S. The topological polar surface area (TPSA) is 114 Å². The summed E-state index contributed by atoms with van der Waals surface area (Å²) >= 11 is 12.0. The summed E-state index contributed by atoms with van der Waals surface area (Å²) in [5.41, 5.74) is 0.179. The van der Waals surface area contributed by atoms with Gasteiger partial charge in [0.1, 0.15) is 16.4 Å². The molecule has 1 aliphatic heterocycles. The smallest absolute Gasteiger partial charge is 0.246 e. The Kier molecular flexibility index (Phi) is 8.36. The average Bonchev–Trinajstić information content (AvgIpc) is 3.24. The number of ether oxygens (including phenoxy) is 1. The van der Waals surface area contributed by atoms with E-state index in [4.69, 9.17) is 27.9 Å². The van der Waals surface area contributed by atoms with E-state index in [2.05, 4.69) is 0 Å². The Morgan fingerprint density at radius 3 is 2.38 bits per heavy atom. The fourth-order valence-electron chi connectivity index (χ4n) is 3.68. The highest BCUT2D eigenvalue weighted by Gasteiger charge is 2.36. The maximum atomic E-state index is 13.5. The van der Waals surface area contributed by atoms with Crippen LogP contribution in [0.2, 0.25) is 10.0 Å². The Labute approximate surface area is 197 Å². The van der Waals surface area contributed by atoms with Gasteiger partial charge < -0.3 is 14.9 Å². The van der Waals surface area contributed by atoms with E-state index in [9.17, 15) is 23.9 Å². The number of aliphatic hydroxyl groups excluding tert-OH is 2. The van der Waals surface area contributed by atoms with Gasteiger partial charge in [0.25, 0.3) is 0 Å². The van der Waals surface area contributed by atoms with Crippen LogP contribution in [0.1, 0.15) is 12.0 Å². The first kappa shape index (κ1) is 24.7. The van der Waals surface area contributed by atoms with Gasteiger partial charge in [0.2, 0.25) is 10.0 Å². The number of sulfonamides is 1. The molecule has 1 heterocycles. The van der Waals surface area contributed by atoms with Gasteiger partial charge in [0.15, 0.2) is 0 Å². The van der Waals surface area contributed by atoms with Crippen LogP contribution in [0.25, 0.3) is 0 Å². The van der Waals surface area contributed by atoms with Crippen molar-refractivity contribution in [3.8, 4) is 17.6 Å². The van der Waals surface area contributed by atoms with Crippen LogP contribution in [0.5, 0.6) is 11.5 Å². The standard InChI is InChI=1S/C21H23Cl2N3O5S/c22-16-10-17(23)12-19(11-16)31-20-2-1-15(13-24)9-21(20)32(29,30)26-4-3-18(14-26)25(5-7-27)6-8-28/h1-2,9-12,18,27-28H,3-8,14H2/t18-/m1/s1. The minimum Gasteiger partial charge on any atom is -0.456 e. The lowest BCUT2D eigenvalue weighted by atomic mass is 10.2. The van der Waals surface area contributed by atoms with E-state index >= 15 is 0 Å². The molecule has 0 aromatic heterocycles. The third kappa shape index (κ3) is 5.71. The van der Waals surface area contributed by atoms with Crippen molar-refractivity contribution in [1.29, 1.82) is 5.26 Å². The molecule has 1 fully saturated rings. The molecule has 172 valence electrons. The minimum atomic E-state index is -4.00. The number of hydrogen-bond donors (Lipinski definition) is 2. The summed E-state index contributed by atoms with van der Waals surface area (Å²) in [6.07, 6.45) is 0.553. The van der Waals surface area contributed by atoms with Crippen molar-refractivity contribution < 1.29 is 23.4 Å². The Hall–Kier alpha value is -1.90. The summed E-state index contributed by atoms with van der Waals surface area (Å²) in [7, 11) is -4.00. The van der Waals surface area contributed by atoms with Gasteiger partial charge in [0.05, 0.1) is 24.8 Å². The molecule has 32 heavy (non-hydrogen) atoms. The second-order valence-electron chi connectivity index (χ2n) is 7.27. The normalized spacial score (nSPS) is 16.9. The molecular weight excluding hydrogens is 477 g/mol. The molecule has 0 aliphatic carbocycles. The van der Waals surface area contributed by atoms with Crippen molar-refractivity contribution >= 4 is 33.2 Å². The maximum Gasteiger partial charge on any atom is 0.246 e. The van der Waals surface area contributed by atoms with Gasteiger partial charge >= 0.3 is 0 Å². The summed E-state index contributed by atoms with van der Waals surface area (Å²) in [6.45, 7) is 0.961. The van der Waals surface area contributed by atoms with Crippen molar-refractivity contribution in [2.45, 2.75) is 17.4 Å². The number of benzene rings is 2. The first-order chi connectivity index (χ1) is 15.3. The van der Waals surface area contributed by atoms with Gasteiger partial charge in [-0.25, -0.2) is 8.42 Å². The van der Waals surface area contributed by atoms with Crippen LogP contribution >= 0.6 is 23.2 Å². The van der Waals surface area contributed by atoms with Crippen LogP contribution in [0.3, 0.4) is 0 Å². The predicted molar refractivity (Wildman–Crippen MR) is 121 cm³/mol. The molecule has 2 aromatic carbocycles. The van der Waals surface area contributed by atoms with E-state index in [1.165, 1.54) is 40.7 Å². The maximum absolute atomic E-state index is 13.5. The summed E-state index contributed by atoms with van der Waals surface area (Å²) in [5.74, 6) is 0.313. The van der Waals surface area contributed by atoms with Gasteiger partial charge in [-0.2, -0.15) is 9.57 Å². The number of nitriles is 1. The van der Waals surface area contributed by atoms with E-state index < -0.39 is 10.0 Å². The number of nitrogens with zero attached hydrogens (tertiary/aromatic N) is 3. The molecule has 1 aliphatic rings. The molecule has 11 heteroatoms. The Morgan fingerprint density at radius 1 is 1.12 bits per heavy atom. The van der Waals surface area contributed by atoms with Crippen molar-refractivity contribution in [1.82, 2.24) is 9.21 Å². The van der Waals surface area contributed by atoms with Crippen molar-refractivity contribution in [2.75, 3.05) is 39.4 Å². The van der Waals surface area contributed by atoms with E-state index in [-0.39, 0.29) is 54.3 Å². The lowest BCUT2D eigenvalue weighted by Crippen LogP contribution is -2.41. The van der Waals surface area contributed by atoms with Gasteiger partial charge in [0, 0.05) is 42.3 Å². The monoisotopic (exact) mass is 499 g/mol. The SMILES string of the molecule is N#Cc1ccc(Oc2cc(Cl)cc(Cl)c2)c(S(=O)(=O)N2CC[C@@H](N(CCO)CCO)C2)c1. The fraction of sp³-hybridized carbons (Fsp3) is 0.381. The lowest BCUT2D eigenvalue weighted by molar-refractivity contribution is 0.126. The minimum absolute atomic E-state index is 0.0494. The average molecular weight is 500 g/mol. The zero-order chi connectivity index (χ0) is 23.3. The highest BCUT2D eigenvalue weighted by Crippen LogP contribution is 2.35. The number of rotatable bonds is 9. The van der Waals surface area contributed by atoms with Crippen LogP contribution in [0.15, 0.2) is 41.3 Å². The van der Waals surface area contributed by atoms with Crippen molar-refractivity contribution in [3.05, 3.63) is 52.0 Å². The predicted octanol–water partition coefficient (Wildman–Crippen LogP) is 2.71. The summed E-state index contributed by atoms with van der Waals surface area (Å²) in [5, 5.41) is 28.5. The molecule has 0 saturated carbocycles. The van der Waals surface area contributed by atoms with Gasteiger partial charge in [-0.05, 0) is 42.8 Å². The van der Waals surface area contributed by atoms with Crippen LogP contribution in [0, 0.1) is 11.3 Å². The Morgan fingerprint density at radius 2 is 1.78 bits per heavy atom. The quantitative estimate of drug-likeness (QED) is 0.544. The third-order valence-corrected chi connectivity index (χ3v) is 7.49. The molecule has 2 N–H and O–H groups in total. The molecule has 1 saturated heterocycles. The molecule has 0 spiro atoms. The number of hydrogen-bond acceptors (Lipinski definition) is 7. The van der Waals surface area contributed by atoms with Gasteiger partial charge in [-0.1, -0.05) is 23.2 Å². The molecule has 8 nitrogen and oxygen atoms in total. The third-order valence-electron chi connectivity index (χ3n) is 5.17. The summed E-state index contributed by atoms with van der Waals surface area (Å²) in [6, 6.07) is 10.5. The van der Waals surface area contributed by atoms with Gasteiger partial charge in [-0.3, -0.25) is 4.90 Å². The zero-order valence-corrected chi connectivity index (χ0v) is 19.4. The van der Waals surface area contributed by atoms with Crippen molar-refractivity contribution in [2.24, 2.45) is 0 Å². The Balaban J connectivity index is 1.92. The van der Waals surface area contributed by atoms with E-state index in [0.717, 1.165) is 0 Å². The molecule has 2 aromatic rings. The van der Waals surface area contributed by atoms with E-state index in [1.807, 2.05) is 11.0 Å². The lowest BCUT2D eigenvalue weighted by Gasteiger charge is -2.27. The van der Waals surface area contributed by atoms with Crippen LogP contribution in [-0.4, -0.2) is 73.3 Å². The van der Waals surface area contributed by atoms with Gasteiger partial charge in [-0.15, -0.1) is 0 Å². The second-order valence-corrected chi connectivity index (χ2v) is 10.0. The largest absolute Gasteiger partial charge is 0.456 e. The summed E-state index contributed by atoms with van der Waals surface area (Å²) < 4.78 is 34.1.